The van der Waals surface area contributed by atoms with Crippen LogP contribution in [0, 0.1) is 5.92 Å². The maximum atomic E-state index is 5.68. The van der Waals surface area contributed by atoms with E-state index in [0.29, 0.717) is 12.6 Å². The van der Waals surface area contributed by atoms with Gasteiger partial charge in [0.1, 0.15) is 0 Å². The number of methoxy groups -OCH3 is 1. The summed E-state index contributed by atoms with van der Waals surface area (Å²) in [4.78, 5) is 2.67. The molecule has 1 heterocycles. The number of piperazine rings is 1. The van der Waals surface area contributed by atoms with Gasteiger partial charge in [-0.15, -0.1) is 0 Å². The first-order chi connectivity index (χ1) is 11.3. The van der Waals surface area contributed by atoms with Gasteiger partial charge in [0, 0.05) is 32.2 Å². The molecule has 1 aliphatic heterocycles. The highest BCUT2D eigenvalue weighted by molar-refractivity contribution is 5.44. The van der Waals surface area contributed by atoms with E-state index in [1.54, 1.807) is 7.11 Å². The van der Waals surface area contributed by atoms with E-state index < -0.39 is 0 Å². The number of ether oxygens (including phenoxy) is 2. The molecule has 0 amide bonds. The topological polar surface area (TPSA) is 33.7 Å². The van der Waals surface area contributed by atoms with Gasteiger partial charge in [-0.05, 0) is 43.4 Å². The second-order valence-corrected chi connectivity index (χ2v) is 6.62. The van der Waals surface area contributed by atoms with E-state index in [1.165, 1.54) is 31.2 Å². The van der Waals surface area contributed by atoms with Crippen molar-refractivity contribution in [2.75, 3.05) is 39.9 Å². The molecule has 0 spiro atoms. The molecule has 0 radical (unpaired) electrons. The summed E-state index contributed by atoms with van der Waals surface area (Å²) in [6.07, 6.45) is 5.46. The zero-order valence-electron chi connectivity index (χ0n) is 14.5. The Kier molecular flexibility index (Phi) is 5.79. The highest BCUT2D eigenvalue weighted by Crippen LogP contribution is 2.42. The van der Waals surface area contributed by atoms with Crippen molar-refractivity contribution in [1.82, 2.24) is 10.2 Å². The van der Waals surface area contributed by atoms with Crippen molar-refractivity contribution in [2.45, 2.75) is 38.6 Å². The maximum absolute atomic E-state index is 5.68. The molecule has 1 atom stereocenters. The first-order valence-corrected chi connectivity index (χ1v) is 9.09. The fourth-order valence-electron chi connectivity index (χ4n) is 4.16. The molecule has 1 saturated carbocycles. The molecule has 23 heavy (non-hydrogen) atoms. The lowest BCUT2D eigenvalue weighted by atomic mass is 9.89. The van der Waals surface area contributed by atoms with Crippen molar-refractivity contribution < 1.29 is 9.47 Å². The summed E-state index contributed by atoms with van der Waals surface area (Å²) in [5.41, 5.74) is 1.39. The Bertz CT molecular complexity index is 494. The number of rotatable bonds is 6. The predicted octanol–water partition coefficient (Wildman–Crippen LogP) is 3.23. The van der Waals surface area contributed by atoms with Gasteiger partial charge in [-0.3, -0.25) is 4.90 Å². The van der Waals surface area contributed by atoms with Crippen LogP contribution in [0.15, 0.2) is 18.2 Å². The van der Waals surface area contributed by atoms with Gasteiger partial charge in [-0.25, -0.2) is 0 Å². The Labute approximate surface area is 140 Å². The van der Waals surface area contributed by atoms with Crippen molar-refractivity contribution in [1.29, 1.82) is 0 Å². The average molecular weight is 318 g/mol. The molecular formula is C19H30N2O2. The van der Waals surface area contributed by atoms with Crippen LogP contribution >= 0.6 is 0 Å². The molecule has 1 N–H and O–H groups in total. The Morgan fingerprint density at radius 3 is 2.57 bits per heavy atom. The minimum Gasteiger partial charge on any atom is -0.493 e. The van der Waals surface area contributed by atoms with Gasteiger partial charge in [0.15, 0.2) is 11.5 Å². The first-order valence-electron chi connectivity index (χ1n) is 9.09. The highest BCUT2D eigenvalue weighted by Gasteiger charge is 2.32. The van der Waals surface area contributed by atoms with E-state index >= 15 is 0 Å². The quantitative estimate of drug-likeness (QED) is 0.873. The van der Waals surface area contributed by atoms with Crippen LogP contribution < -0.4 is 14.8 Å². The number of nitrogens with zero attached hydrogens (tertiary/aromatic N) is 1. The van der Waals surface area contributed by atoms with E-state index in [0.717, 1.165) is 43.6 Å². The summed E-state index contributed by atoms with van der Waals surface area (Å²) >= 11 is 0. The lowest BCUT2D eigenvalue weighted by molar-refractivity contribution is 0.125. The zero-order chi connectivity index (χ0) is 16.1. The summed E-state index contributed by atoms with van der Waals surface area (Å²) in [5.74, 6) is 2.49. The first kappa shape index (κ1) is 16.6. The fraction of sp³-hybridized carbons (Fsp3) is 0.684. The van der Waals surface area contributed by atoms with E-state index in [2.05, 4.69) is 28.4 Å². The fourth-order valence-corrected chi connectivity index (χ4v) is 4.16. The van der Waals surface area contributed by atoms with Gasteiger partial charge in [0.25, 0.3) is 0 Å². The Morgan fingerprint density at radius 1 is 1.17 bits per heavy atom. The van der Waals surface area contributed by atoms with Crippen LogP contribution in [-0.4, -0.2) is 44.8 Å². The monoisotopic (exact) mass is 318 g/mol. The maximum Gasteiger partial charge on any atom is 0.161 e. The summed E-state index contributed by atoms with van der Waals surface area (Å²) in [6.45, 7) is 7.14. The van der Waals surface area contributed by atoms with Gasteiger partial charge < -0.3 is 14.8 Å². The van der Waals surface area contributed by atoms with Crippen molar-refractivity contribution in [2.24, 2.45) is 5.92 Å². The molecule has 1 aromatic carbocycles. The number of nitrogens with one attached hydrogen (secondary N) is 1. The third-order valence-electron chi connectivity index (χ3n) is 5.22. The van der Waals surface area contributed by atoms with Crippen LogP contribution in [0.3, 0.4) is 0 Å². The van der Waals surface area contributed by atoms with Gasteiger partial charge in [-0.1, -0.05) is 18.9 Å². The Balaban J connectivity index is 1.88. The summed E-state index contributed by atoms with van der Waals surface area (Å²) in [5, 5.41) is 3.47. The third-order valence-corrected chi connectivity index (χ3v) is 5.22. The molecule has 1 aliphatic carbocycles. The summed E-state index contributed by atoms with van der Waals surface area (Å²) in [6, 6.07) is 7.06. The van der Waals surface area contributed by atoms with Crippen LogP contribution in [0.4, 0.5) is 0 Å². The van der Waals surface area contributed by atoms with Crippen molar-refractivity contribution in [3.63, 3.8) is 0 Å². The largest absolute Gasteiger partial charge is 0.493 e. The van der Waals surface area contributed by atoms with Crippen molar-refractivity contribution in [3.05, 3.63) is 23.8 Å². The van der Waals surface area contributed by atoms with Gasteiger partial charge >= 0.3 is 0 Å². The second kappa shape index (κ2) is 8.02. The molecule has 3 rings (SSSR count). The Morgan fingerprint density at radius 2 is 1.91 bits per heavy atom. The SMILES string of the molecule is CCOc1ccc([C@H](C2CCCC2)N2CCNCC2)cc1OC. The standard InChI is InChI=1S/C19H30N2O2/c1-3-23-17-9-8-16(14-18(17)22-2)19(15-6-4-5-7-15)21-12-10-20-11-13-21/h8-9,14-15,19-20H,3-7,10-13H2,1-2H3/t19-/m0/s1. The summed E-state index contributed by atoms with van der Waals surface area (Å²) in [7, 11) is 1.73. The molecule has 4 nitrogen and oxygen atoms in total. The molecule has 1 saturated heterocycles. The van der Waals surface area contributed by atoms with Crippen LogP contribution in [0.25, 0.3) is 0 Å². The van der Waals surface area contributed by atoms with Crippen LogP contribution in [0.1, 0.15) is 44.2 Å². The minimum atomic E-state index is 0.518. The number of hydrogen-bond acceptors (Lipinski definition) is 4. The molecule has 4 heteroatoms. The zero-order valence-corrected chi connectivity index (χ0v) is 14.5. The van der Waals surface area contributed by atoms with Gasteiger partial charge in [0.2, 0.25) is 0 Å². The van der Waals surface area contributed by atoms with Crippen molar-refractivity contribution >= 4 is 0 Å². The summed E-state index contributed by atoms with van der Waals surface area (Å²) < 4.78 is 11.3. The lowest BCUT2D eigenvalue weighted by Gasteiger charge is -2.38. The minimum absolute atomic E-state index is 0.518. The molecule has 1 aromatic rings. The van der Waals surface area contributed by atoms with E-state index in [4.69, 9.17) is 9.47 Å². The number of benzene rings is 1. The average Bonchev–Trinajstić information content (AvgIpc) is 3.11. The lowest BCUT2D eigenvalue weighted by Crippen LogP contribution is -2.46. The third kappa shape index (κ3) is 3.81. The van der Waals surface area contributed by atoms with Crippen LogP contribution in [0.2, 0.25) is 0 Å². The van der Waals surface area contributed by atoms with Crippen molar-refractivity contribution in [3.8, 4) is 11.5 Å². The molecule has 0 aromatic heterocycles. The van der Waals surface area contributed by atoms with E-state index in [-0.39, 0.29) is 0 Å². The van der Waals surface area contributed by atoms with Gasteiger partial charge in [0.05, 0.1) is 13.7 Å². The molecule has 128 valence electrons. The normalized spacial score (nSPS) is 21.3. The predicted molar refractivity (Wildman–Crippen MR) is 93.3 cm³/mol. The molecular weight excluding hydrogens is 288 g/mol. The molecule has 0 unspecified atom stereocenters. The molecule has 2 fully saturated rings. The van der Waals surface area contributed by atoms with E-state index in [1.807, 2.05) is 6.92 Å². The number of hydrogen-bond donors (Lipinski definition) is 1. The molecule has 2 aliphatic rings. The smallest absolute Gasteiger partial charge is 0.161 e. The van der Waals surface area contributed by atoms with Crippen LogP contribution in [-0.2, 0) is 0 Å². The van der Waals surface area contributed by atoms with E-state index in [9.17, 15) is 0 Å². The molecule has 0 bridgehead atoms. The van der Waals surface area contributed by atoms with Gasteiger partial charge in [-0.2, -0.15) is 0 Å². The van der Waals surface area contributed by atoms with Crippen LogP contribution in [0.5, 0.6) is 11.5 Å². The Hall–Kier alpha value is -1.26. The highest BCUT2D eigenvalue weighted by atomic mass is 16.5. The second-order valence-electron chi connectivity index (χ2n) is 6.62.